The van der Waals surface area contributed by atoms with Gasteiger partial charge in [0.2, 0.25) is 5.91 Å². The lowest BCUT2D eigenvalue weighted by Gasteiger charge is -2.15. The zero-order chi connectivity index (χ0) is 24.9. The number of aromatic nitrogens is 2. The lowest BCUT2D eigenvalue weighted by Crippen LogP contribution is -2.07. The van der Waals surface area contributed by atoms with Crippen LogP contribution in [0, 0.1) is 13.8 Å². The Kier molecular flexibility index (Phi) is 7.17. The SMILES string of the molecule is COc1ccc(-c2csc(NC(=O)/C=C/c3ccc(-c4c(C)noc4C)c(OC)c3OC)n2)cc1. The van der Waals surface area contributed by atoms with Crippen LogP contribution in [-0.2, 0) is 4.79 Å². The van der Waals surface area contributed by atoms with E-state index in [4.69, 9.17) is 18.7 Å². The van der Waals surface area contributed by atoms with Crippen LogP contribution in [0.5, 0.6) is 17.2 Å². The number of ether oxygens (including phenoxy) is 3. The Bertz CT molecular complexity index is 1350. The van der Waals surface area contributed by atoms with Gasteiger partial charge >= 0.3 is 0 Å². The molecule has 1 amide bonds. The van der Waals surface area contributed by atoms with Gasteiger partial charge in [-0.3, -0.25) is 10.1 Å². The fraction of sp³-hybridized carbons (Fsp3) is 0.192. The Morgan fingerprint density at radius 1 is 1.00 bits per heavy atom. The Labute approximate surface area is 207 Å². The Balaban J connectivity index is 1.52. The van der Waals surface area contributed by atoms with Crippen molar-refractivity contribution < 1.29 is 23.5 Å². The third kappa shape index (κ3) is 5.04. The second kappa shape index (κ2) is 10.4. The number of methoxy groups -OCH3 is 3. The van der Waals surface area contributed by atoms with Crippen molar-refractivity contribution in [3.05, 3.63) is 64.9 Å². The molecule has 1 N–H and O–H groups in total. The molecular formula is C26H25N3O5S. The summed E-state index contributed by atoms with van der Waals surface area (Å²) in [5.41, 5.74) is 4.81. The van der Waals surface area contributed by atoms with Crippen molar-refractivity contribution in [2.45, 2.75) is 13.8 Å². The third-order valence-corrected chi connectivity index (χ3v) is 6.15. The minimum atomic E-state index is -0.309. The lowest BCUT2D eigenvalue weighted by atomic mass is 10.00. The summed E-state index contributed by atoms with van der Waals surface area (Å²) in [6, 6.07) is 11.3. The second-order valence-electron chi connectivity index (χ2n) is 7.56. The number of rotatable bonds is 8. The molecule has 0 spiro atoms. The van der Waals surface area contributed by atoms with Crippen molar-refractivity contribution in [3.63, 3.8) is 0 Å². The number of amides is 1. The van der Waals surface area contributed by atoms with Gasteiger partial charge in [-0.2, -0.15) is 0 Å². The summed E-state index contributed by atoms with van der Waals surface area (Å²) in [5.74, 6) is 2.19. The molecule has 0 radical (unpaired) electrons. The van der Waals surface area contributed by atoms with Gasteiger partial charge in [0.1, 0.15) is 11.5 Å². The summed E-state index contributed by atoms with van der Waals surface area (Å²) in [6.07, 6.45) is 3.10. The van der Waals surface area contributed by atoms with E-state index in [9.17, 15) is 4.79 Å². The van der Waals surface area contributed by atoms with Crippen molar-refractivity contribution in [2.24, 2.45) is 0 Å². The van der Waals surface area contributed by atoms with E-state index < -0.39 is 0 Å². The summed E-state index contributed by atoms with van der Waals surface area (Å²) >= 11 is 1.35. The van der Waals surface area contributed by atoms with Crippen molar-refractivity contribution in [3.8, 4) is 39.6 Å². The molecule has 4 aromatic rings. The number of carbonyl (C=O) groups is 1. The number of carbonyl (C=O) groups excluding carboxylic acids is 1. The van der Waals surface area contributed by atoms with Gasteiger partial charge in [-0.15, -0.1) is 11.3 Å². The number of nitrogens with one attached hydrogen (secondary N) is 1. The summed E-state index contributed by atoms with van der Waals surface area (Å²) in [6.45, 7) is 3.71. The van der Waals surface area contributed by atoms with Gasteiger partial charge in [0, 0.05) is 28.1 Å². The van der Waals surface area contributed by atoms with Crippen LogP contribution in [0.15, 0.2) is 52.4 Å². The zero-order valence-corrected chi connectivity index (χ0v) is 20.9. The standard InChI is InChI=1S/C26H25N3O5S/c1-15-23(16(2)34-29-15)20-12-8-18(24(32-4)25(20)33-5)9-13-22(30)28-26-27-21(14-35-26)17-6-10-19(31-3)11-7-17/h6-14H,1-5H3,(H,27,28,30)/b13-9+. The van der Waals surface area contributed by atoms with Gasteiger partial charge in [-0.05, 0) is 50.3 Å². The topological polar surface area (TPSA) is 95.7 Å². The van der Waals surface area contributed by atoms with Gasteiger partial charge in [0.05, 0.1) is 38.3 Å². The highest BCUT2D eigenvalue weighted by molar-refractivity contribution is 7.14. The van der Waals surface area contributed by atoms with E-state index in [2.05, 4.69) is 15.5 Å². The van der Waals surface area contributed by atoms with Gasteiger partial charge in [-0.1, -0.05) is 11.2 Å². The summed E-state index contributed by atoms with van der Waals surface area (Å²) in [7, 11) is 4.75. The molecular weight excluding hydrogens is 466 g/mol. The van der Waals surface area contributed by atoms with Gasteiger partial charge < -0.3 is 18.7 Å². The molecule has 2 aromatic carbocycles. The number of thiazole rings is 1. The Hall–Kier alpha value is -4.11. The van der Waals surface area contributed by atoms with Crippen LogP contribution in [-0.4, -0.2) is 37.4 Å². The van der Waals surface area contributed by atoms with Crippen molar-refractivity contribution in [1.29, 1.82) is 0 Å². The van der Waals surface area contributed by atoms with E-state index in [-0.39, 0.29) is 5.91 Å². The predicted octanol–water partition coefficient (Wildman–Crippen LogP) is 5.76. The molecule has 2 heterocycles. The number of hydrogen-bond donors (Lipinski definition) is 1. The Morgan fingerprint density at radius 3 is 2.37 bits per heavy atom. The summed E-state index contributed by atoms with van der Waals surface area (Å²) in [5, 5.41) is 9.22. The molecule has 0 atom stereocenters. The molecule has 0 aliphatic rings. The van der Waals surface area contributed by atoms with Crippen molar-refractivity contribution in [1.82, 2.24) is 10.1 Å². The molecule has 35 heavy (non-hydrogen) atoms. The van der Waals surface area contributed by atoms with E-state index in [0.717, 1.165) is 33.8 Å². The minimum Gasteiger partial charge on any atom is -0.497 e. The summed E-state index contributed by atoms with van der Waals surface area (Å²) < 4.78 is 21.8. The monoisotopic (exact) mass is 491 g/mol. The molecule has 0 aliphatic carbocycles. The fourth-order valence-corrected chi connectivity index (χ4v) is 4.45. The molecule has 180 valence electrons. The Morgan fingerprint density at radius 2 is 1.74 bits per heavy atom. The quantitative estimate of drug-likeness (QED) is 0.313. The average Bonchev–Trinajstić information content (AvgIpc) is 3.47. The maximum atomic E-state index is 12.6. The molecule has 9 heteroatoms. The van der Waals surface area contributed by atoms with Crippen LogP contribution in [0.4, 0.5) is 5.13 Å². The molecule has 0 saturated carbocycles. The molecule has 0 aliphatic heterocycles. The molecule has 2 aromatic heterocycles. The first-order chi connectivity index (χ1) is 16.9. The number of benzene rings is 2. The van der Waals surface area contributed by atoms with Gasteiger partial charge in [0.25, 0.3) is 0 Å². The van der Waals surface area contributed by atoms with E-state index in [1.807, 2.05) is 55.6 Å². The largest absolute Gasteiger partial charge is 0.497 e. The number of anilines is 1. The van der Waals surface area contributed by atoms with E-state index in [1.54, 1.807) is 27.4 Å². The van der Waals surface area contributed by atoms with Crippen molar-refractivity contribution >= 4 is 28.5 Å². The number of nitrogens with zero attached hydrogens (tertiary/aromatic N) is 2. The van der Waals surface area contributed by atoms with Crippen molar-refractivity contribution in [2.75, 3.05) is 26.6 Å². The molecule has 0 bridgehead atoms. The highest BCUT2D eigenvalue weighted by Gasteiger charge is 2.21. The minimum absolute atomic E-state index is 0.309. The summed E-state index contributed by atoms with van der Waals surface area (Å²) in [4.78, 5) is 17.1. The van der Waals surface area contributed by atoms with Crippen LogP contribution < -0.4 is 19.5 Å². The second-order valence-corrected chi connectivity index (χ2v) is 8.42. The predicted molar refractivity (Wildman–Crippen MR) is 136 cm³/mol. The van der Waals surface area contributed by atoms with Crippen LogP contribution in [0.2, 0.25) is 0 Å². The zero-order valence-electron chi connectivity index (χ0n) is 20.0. The van der Waals surface area contributed by atoms with E-state index >= 15 is 0 Å². The van der Waals surface area contributed by atoms with Gasteiger partial charge in [-0.25, -0.2) is 4.98 Å². The van der Waals surface area contributed by atoms with Crippen LogP contribution in [0.25, 0.3) is 28.5 Å². The molecule has 8 nitrogen and oxygen atoms in total. The fourth-order valence-electron chi connectivity index (χ4n) is 3.72. The highest BCUT2D eigenvalue weighted by atomic mass is 32.1. The van der Waals surface area contributed by atoms with Crippen LogP contribution in [0.3, 0.4) is 0 Å². The first-order valence-electron chi connectivity index (χ1n) is 10.7. The molecule has 0 unspecified atom stereocenters. The molecule has 0 fully saturated rings. The first-order valence-corrected chi connectivity index (χ1v) is 11.6. The maximum absolute atomic E-state index is 12.6. The average molecular weight is 492 g/mol. The highest BCUT2D eigenvalue weighted by Crippen LogP contribution is 2.43. The van der Waals surface area contributed by atoms with Gasteiger partial charge in [0.15, 0.2) is 16.6 Å². The van der Waals surface area contributed by atoms with E-state index in [0.29, 0.717) is 28.0 Å². The van der Waals surface area contributed by atoms with Crippen LogP contribution in [0.1, 0.15) is 17.0 Å². The third-order valence-electron chi connectivity index (χ3n) is 5.39. The maximum Gasteiger partial charge on any atom is 0.250 e. The lowest BCUT2D eigenvalue weighted by molar-refractivity contribution is -0.111. The molecule has 4 rings (SSSR count). The number of hydrogen-bond acceptors (Lipinski definition) is 8. The smallest absolute Gasteiger partial charge is 0.250 e. The first kappa shape index (κ1) is 24.0. The number of aryl methyl sites for hydroxylation is 2. The van der Waals surface area contributed by atoms with E-state index in [1.165, 1.54) is 17.4 Å². The normalized spacial score (nSPS) is 11.0. The van der Waals surface area contributed by atoms with Crippen LogP contribution >= 0.6 is 11.3 Å². The molecule has 0 saturated heterocycles.